The highest BCUT2D eigenvalue weighted by Gasteiger charge is 2.12. The number of ether oxygens (including phenoxy) is 1. The second-order valence-corrected chi connectivity index (χ2v) is 6.27. The topological polar surface area (TPSA) is 42.8 Å². The van der Waals surface area contributed by atoms with Gasteiger partial charge in [0.25, 0.3) is 5.91 Å². The van der Waals surface area contributed by atoms with Crippen molar-refractivity contribution in [3.8, 4) is 5.75 Å². The summed E-state index contributed by atoms with van der Waals surface area (Å²) in [6.07, 6.45) is 0. The molecule has 0 radical (unpaired) electrons. The highest BCUT2D eigenvalue weighted by atomic mass is 16.5. The lowest BCUT2D eigenvalue weighted by molar-refractivity contribution is -0.885. The van der Waals surface area contributed by atoms with Crippen LogP contribution in [-0.2, 0) is 11.3 Å². The predicted molar refractivity (Wildman–Crippen MR) is 96.3 cm³/mol. The fraction of sp³-hybridized carbons (Fsp3) is 0.350. The molecule has 2 aromatic rings. The van der Waals surface area contributed by atoms with Crippen molar-refractivity contribution in [1.29, 1.82) is 0 Å². The van der Waals surface area contributed by atoms with E-state index in [1.54, 1.807) is 7.11 Å². The average molecular weight is 327 g/mol. The maximum absolute atomic E-state index is 12.1. The first kappa shape index (κ1) is 18.0. The molecule has 2 rings (SSSR count). The lowest BCUT2D eigenvalue weighted by Crippen LogP contribution is -3.08. The number of rotatable bonds is 8. The average Bonchev–Trinajstić information content (AvgIpc) is 2.61. The van der Waals surface area contributed by atoms with E-state index in [1.807, 2.05) is 49.5 Å². The number of likely N-dealkylation sites (N-methyl/N-ethyl adjacent to an activating group) is 1. The standard InChI is InChI=1S/C20H26N2O2/c1-16(18-7-5-4-6-8-18)13-21-20(23)15-22(2)14-17-9-11-19(24-3)12-10-17/h4-12,16H,13-15H2,1-3H3,(H,21,23)/p+1/t16-/m1/s1. The van der Waals surface area contributed by atoms with Crippen LogP contribution in [0.3, 0.4) is 0 Å². The molecule has 0 aliphatic rings. The van der Waals surface area contributed by atoms with Crippen LogP contribution in [0.5, 0.6) is 5.75 Å². The van der Waals surface area contributed by atoms with Crippen LogP contribution in [0.25, 0.3) is 0 Å². The van der Waals surface area contributed by atoms with Gasteiger partial charge >= 0.3 is 0 Å². The molecule has 0 spiro atoms. The third-order valence-electron chi connectivity index (χ3n) is 4.10. The highest BCUT2D eigenvalue weighted by molar-refractivity contribution is 5.76. The van der Waals surface area contributed by atoms with Crippen LogP contribution in [0.1, 0.15) is 24.0 Å². The molecular weight excluding hydrogens is 300 g/mol. The Morgan fingerprint density at radius 2 is 1.79 bits per heavy atom. The Labute approximate surface area is 144 Å². The quantitative estimate of drug-likeness (QED) is 0.774. The fourth-order valence-corrected chi connectivity index (χ4v) is 2.66. The van der Waals surface area contributed by atoms with E-state index in [0.29, 0.717) is 19.0 Å². The number of methoxy groups -OCH3 is 1. The molecule has 0 heterocycles. The summed E-state index contributed by atoms with van der Waals surface area (Å²) in [4.78, 5) is 13.3. The minimum atomic E-state index is 0.0868. The number of carbonyl (C=O) groups excluding carboxylic acids is 1. The third kappa shape index (κ3) is 5.70. The molecule has 2 atom stereocenters. The Bertz CT molecular complexity index is 626. The molecule has 2 N–H and O–H groups in total. The normalized spacial score (nSPS) is 13.1. The van der Waals surface area contributed by atoms with Gasteiger partial charge in [-0.25, -0.2) is 0 Å². The number of hydrogen-bond donors (Lipinski definition) is 2. The zero-order chi connectivity index (χ0) is 17.4. The van der Waals surface area contributed by atoms with Crippen LogP contribution in [0.2, 0.25) is 0 Å². The summed E-state index contributed by atoms with van der Waals surface area (Å²) in [5, 5.41) is 3.04. The Morgan fingerprint density at radius 3 is 2.42 bits per heavy atom. The largest absolute Gasteiger partial charge is 0.497 e. The maximum atomic E-state index is 12.1. The monoisotopic (exact) mass is 327 g/mol. The van der Waals surface area contributed by atoms with Crippen LogP contribution in [0, 0.1) is 0 Å². The number of nitrogens with one attached hydrogen (secondary N) is 2. The first-order valence-corrected chi connectivity index (χ1v) is 8.34. The van der Waals surface area contributed by atoms with Crippen molar-refractivity contribution in [1.82, 2.24) is 5.32 Å². The Kier molecular flexibility index (Phi) is 6.82. The van der Waals surface area contributed by atoms with Crippen molar-refractivity contribution in [2.24, 2.45) is 0 Å². The van der Waals surface area contributed by atoms with Gasteiger partial charge in [0.15, 0.2) is 6.54 Å². The van der Waals surface area contributed by atoms with Crippen molar-refractivity contribution >= 4 is 5.91 Å². The lowest BCUT2D eigenvalue weighted by atomic mass is 10.0. The van der Waals surface area contributed by atoms with Crippen LogP contribution in [0.4, 0.5) is 0 Å². The maximum Gasteiger partial charge on any atom is 0.275 e. The molecule has 2 aromatic carbocycles. The lowest BCUT2D eigenvalue weighted by Gasteiger charge is -2.16. The minimum absolute atomic E-state index is 0.0868. The van der Waals surface area contributed by atoms with E-state index in [9.17, 15) is 4.79 Å². The first-order chi connectivity index (χ1) is 11.6. The second kappa shape index (κ2) is 9.08. The molecule has 0 aromatic heterocycles. The molecule has 4 nitrogen and oxygen atoms in total. The number of hydrogen-bond acceptors (Lipinski definition) is 2. The zero-order valence-electron chi connectivity index (χ0n) is 14.7. The van der Waals surface area contributed by atoms with Crippen LogP contribution in [-0.4, -0.2) is 33.2 Å². The number of carbonyl (C=O) groups is 1. The van der Waals surface area contributed by atoms with E-state index in [2.05, 4.69) is 24.4 Å². The molecule has 4 heteroatoms. The first-order valence-electron chi connectivity index (χ1n) is 8.34. The van der Waals surface area contributed by atoms with Gasteiger partial charge in [0, 0.05) is 12.1 Å². The zero-order valence-corrected chi connectivity index (χ0v) is 14.7. The van der Waals surface area contributed by atoms with Crippen molar-refractivity contribution in [3.63, 3.8) is 0 Å². The summed E-state index contributed by atoms with van der Waals surface area (Å²) in [7, 11) is 3.69. The molecule has 0 bridgehead atoms. The molecule has 1 unspecified atom stereocenters. The molecule has 128 valence electrons. The van der Waals surface area contributed by atoms with Gasteiger partial charge in [-0.15, -0.1) is 0 Å². The van der Waals surface area contributed by atoms with E-state index in [-0.39, 0.29) is 5.91 Å². The van der Waals surface area contributed by atoms with Gasteiger partial charge < -0.3 is 15.0 Å². The van der Waals surface area contributed by atoms with Gasteiger partial charge in [-0.05, 0) is 35.7 Å². The van der Waals surface area contributed by atoms with E-state index in [4.69, 9.17) is 4.74 Å². The fourth-order valence-electron chi connectivity index (χ4n) is 2.66. The molecule has 0 aliphatic carbocycles. The van der Waals surface area contributed by atoms with Gasteiger partial charge in [-0.1, -0.05) is 37.3 Å². The Morgan fingerprint density at radius 1 is 1.12 bits per heavy atom. The van der Waals surface area contributed by atoms with Gasteiger partial charge in [0.1, 0.15) is 12.3 Å². The summed E-state index contributed by atoms with van der Waals surface area (Å²) in [6, 6.07) is 18.2. The number of amides is 1. The molecular formula is C20H27N2O2+. The van der Waals surface area contributed by atoms with Crippen LogP contribution in [0.15, 0.2) is 54.6 Å². The van der Waals surface area contributed by atoms with Crippen molar-refractivity contribution in [2.75, 3.05) is 27.2 Å². The summed E-state index contributed by atoms with van der Waals surface area (Å²) in [5.74, 6) is 1.25. The Hall–Kier alpha value is -2.33. The summed E-state index contributed by atoms with van der Waals surface area (Å²) >= 11 is 0. The summed E-state index contributed by atoms with van der Waals surface area (Å²) < 4.78 is 5.16. The van der Waals surface area contributed by atoms with E-state index < -0.39 is 0 Å². The van der Waals surface area contributed by atoms with E-state index >= 15 is 0 Å². The van der Waals surface area contributed by atoms with E-state index in [1.165, 1.54) is 11.1 Å². The van der Waals surface area contributed by atoms with Crippen LogP contribution >= 0.6 is 0 Å². The minimum Gasteiger partial charge on any atom is -0.497 e. The second-order valence-electron chi connectivity index (χ2n) is 6.27. The van der Waals surface area contributed by atoms with Gasteiger partial charge in [0.05, 0.1) is 14.2 Å². The number of quaternary nitrogens is 1. The summed E-state index contributed by atoms with van der Waals surface area (Å²) in [5.41, 5.74) is 2.44. The van der Waals surface area contributed by atoms with E-state index in [0.717, 1.165) is 17.2 Å². The molecule has 1 amide bonds. The third-order valence-corrected chi connectivity index (χ3v) is 4.10. The van der Waals surface area contributed by atoms with Crippen molar-refractivity contribution in [3.05, 3.63) is 65.7 Å². The Balaban J connectivity index is 1.74. The van der Waals surface area contributed by atoms with Gasteiger partial charge in [-0.3, -0.25) is 4.79 Å². The van der Waals surface area contributed by atoms with Gasteiger partial charge in [-0.2, -0.15) is 0 Å². The molecule has 24 heavy (non-hydrogen) atoms. The van der Waals surface area contributed by atoms with Crippen LogP contribution < -0.4 is 15.0 Å². The molecule has 0 saturated carbocycles. The SMILES string of the molecule is COc1ccc(C[NH+](C)CC(=O)NC[C@@H](C)c2ccccc2)cc1. The predicted octanol–water partition coefficient (Wildman–Crippen LogP) is 1.63. The van der Waals surface area contributed by atoms with Gasteiger partial charge in [0.2, 0.25) is 0 Å². The highest BCUT2D eigenvalue weighted by Crippen LogP contribution is 2.12. The molecule has 0 fully saturated rings. The van der Waals surface area contributed by atoms with Crippen molar-refractivity contribution in [2.45, 2.75) is 19.4 Å². The molecule has 0 aliphatic heterocycles. The smallest absolute Gasteiger partial charge is 0.275 e. The van der Waals surface area contributed by atoms with Crippen molar-refractivity contribution < 1.29 is 14.4 Å². The summed E-state index contributed by atoms with van der Waals surface area (Å²) in [6.45, 7) is 4.07. The molecule has 0 saturated heterocycles. The number of benzene rings is 2.